The van der Waals surface area contributed by atoms with Crippen molar-refractivity contribution in [3.63, 3.8) is 0 Å². The number of nitrogens with two attached hydrogens (primary N) is 1. The predicted octanol–water partition coefficient (Wildman–Crippen LogP) is 2.31. The van der Waals surface area contributed by atoms with Crippen molar-refractivity contribution in [1.82, 2.24) is 39.4 Å². The molecule has 12 nitrogen and oxygen atoms in total. The van der Waals surface area contributed by atoms with E-state index in [9.17, 15) is 9.90 Å². The molecule has 0 saturated carbocycles. The van der Waals surface area contributed by atoms with E-state index in [1.807, 2.05) is 28.8 Å². The van der Waals surface area contributed by atoms with Crippen molar-refractivity contribution in [2.24, 2.45) is 0 Å². The van der Waals surface area contributed by atoms with Crippen molar-refractivity contribution >= 4 is 34.9 Å². The topological polar surface area (TPSA) is 163 Å². The van der Waals surface area contributed by atoms with Crippen molar-refractivity contribution in [1.29, 1.82) is 0 Å². The molecule has 0 radical (unpaired) electrons. The van der Waals surface area contributed by atoms with Crippen LogP contribution in [-0.2, 0) is 0 Å². The first-order valence-electron chi connectivity index (χ1n) is 9.92. The zero-order chi connectivity index (χ0) is 22.2. The molecule has 0 spiro atoms. The molecule has 0 aliphatic carbocycles. The highest BCUT2D eigenvalue weighted by Gasteiger charge is 2.21. The van der Waals surface area contributed by atoms with Crippen LogP contribution in [0.2, 0.25) is 0 Å². The molecule has 32 heavy (non-hydrogen) atoms. The number of rotatable bonds is 4. The van der Waals surface area contributed by atoms with Crippen molar-refractivity contribution < 1.29 is 9.90 Å². The summed E-state index contributed by atoms with van der Waals surface area (Å²) in [6, 6.07) is 5.66. The van der Waals surface area contributed by atoms with E-state index in [-0.39, 0.29) is 5.95 Å². The van der Waals surface area contributed by atoms with Crippen LogP contribution in [0.5, 0.6) is 0 Å². The number of pyridine rings is 1. The number of nitrogens with zero attached hydrogens (tertiary/aromatic N) is 7. The number of aromatic amines is 1. The first-order valence-corrected chi connectivity index (χ1v) is 9.92. The van der Waals surface area contributed by atoms with Gasteiger partial charge in [-0.05, 0) is 36.6 Å². The van der Waals surface area contributed by atoms with Gasteiger partial charge in [-0.3, -0.25) is 9.50 Å². The molecule has 0 saturated heterocycles. The number of fused-ring (bicyclic) bond motifs is 1. The maximum absolute atomic E-state index is 11.2. The summed E-state index contributed by atoms with van der Waals surface area (Å²) in [6.45, 7) is 2.55. The number of carbonyl (C=O) groups is 1. The number of hydrogen-bond acceptors (Lipinski definition) is 8. The molecule has 12 heteroatoms. The number of nitrogens with one attached hydrogen (secondary N) is 2. The van der Waals surface area contributed by atoms with Gasteiger partial charge in [0.05, 0.1) is 0 Å². The van der Waals surface area contributed by atoms with Gasteiger partial charge >= 0.3 is 6.09 Å². The van der Waals surface area contributed by atoms with Gasteiger partial charge in [-0.1, -0.05) is 6.08 Å². The van der Waals surface area contributed by atoms with Gasteiger partial charge in [-0.25, -0.2) is 14.8 Å². The van der Waals surface area contributed by atoms with E-state index in [1.54, 1.807) is 19.2 Å². The fraction of sp³-hybridized carbons (Fsp3) is 0.200. The summed E-state index contributed by atoms with van der Waals surface area (Å²) in [6.07, 6.45) is 5.30. The van der Waals surface area contributed by atoms with E-state index in [0.717, 1.165) is 11.1 Å². The Bertz CT molecular complexity index is 1320. The summed E-state index contributed by atoms with van der Waals surface area (Å²) >= 11 is 0. The maximum Gasteiger partial charge on any atom is 0.407 e. The monoisotopic (exact) mass is 432 g/mol. The fourth-order valence-corrected chi connectivity index (χ4v) is 3.70. The molecule has 4 aromatic rings. The second-order valence-corrected chi connectivity index (χ2v) is 7.31. The SMILES string of the molecule is Cc1nc(N)nc(-c2c(Nc3cc[nH]n3)nc3ccc(C4=CCN(C(=O)O)CC4)cn23)n1. The molecular formula is C20H20N10O2. The maximum atomic E-state index is 11.2. The number of H-pyrrole nitrogens is 1. The number of anilines is 3. The van der Waals surface area contributed by atoms with E-state index in [4.69, 9.17) is 10.7 Å². The van der Waals surface area contributed by atoms with Crippen LogP contribution >= 0.6 is 0 Å². The molecule has 0 unspecified atom stereocenters. The van der Waals surface area contributed by atoms with Crippen LogP contribution in [0, 0.1) is 6.92 Å². The van der Waals surface area contributed by atoms with Gasteiger partial charge in [0.15, 0.2) is 17.5 Å². The lowest BCUT2D eigenvalue weighted by atomic mass is 10.0. The first kappa shape index (κ1) is 19.5. The zero-order valence-electron chi connectivity index (χ0n) is 17.1. The Morgan fingerprint density at radius 2 is 2.09 bits per heavy atom. The van der Waals surface area contributed by atoms with Gasteiger partial charge in [0.25, 0.3) is 0 Å². The summed E-state index contributed by atoms with van der Waals surface area (Å²) in [4.78, 5) is 30.1. The molecule has 0 atom stereocenters. The molecule has 4 aromatic heterocycles. The molecule has 5 N–H and O–H groups in total. The third-order valence-corrected chi connectivity index (χ3v) is 5.19. The fourth-order valence-electron chi connectivity index (χ4n) is 3.70. The normalized spacial score (nSPS) is 13.9. The zero-order valence-corrected chi connectivity index (χ0v) is 17.1. The van der Waals surface area contributed by atoms with Gasteiger partial charge < -0.3 is 21.1 Å². The number of aryl methyl sites for hydroxylation is 1. The second kappa shape index (κ2) is 7.65. The molecule has 5 heterocycles. The largest absolute Gasteiger partial charge is 0.465 e. The standard InChI is InChI=1S/C20H20N10O2/c1-11-23-17(27-19(21)24-11)16-18(25-14-4-7-22-28-14)26-15-3-2-13(10-30(15)16)12-5-8-29(9-6-12)20(31)32/h2-5,7,10H,6,8-9H2,1H3,(H,31,32)(H2,22,25,28)(H2,21,23,24,27). The molecular weight excluding hydrogens is 412 g/mol. The predicted molar refractivity (Wildman–Crippen MR) is 117 cm³/mol. The molecule has 1 aliphatic heterocycles. The van der Waals surface area contributed by atoms with Gasteiger partial charge in [0.2, 0.25) is 5.95 Å². The molecule has 1 aliphatic rings. The minimum absolute atomic E-state index is 0.119. The minimum Gasteiger partial charge on any atom is -0.465 e. The van der Waals surface area contributed by atoms with Crippen LogP contribution in [0.15, 0.2) is 36.7 Å². The van der Waals surface area contributed by atoms with Crippen molar-refractivity contribution in [2.45, 2.75) is 13.3 Å². The third kappa shape index (κ3) is 3.57. The van der Waals surface area contributed by atoms with Crippen LogP contribution in [0.1, 0.15) is 17.8 Å². The highest BCUT2D eigenvalue weighted by Crippen LogP contribution is 2.31. The number of hydrogen-bond donors (Lipinski definition) is 4. The van der Waals surface area contributed by atoms with E-state index in [1.165, 1.54) is 4.90 Å². The van der Waals surface area contributed by atoms with Crippen molar-refractivity contribution in [3.8, 4) is 11.5 Å². The summed E-state index contributed by atoms with van der Waals surface area (Å²) in [5.74, 6) is 2.11. The smallest absolute Gasteiger partial charge is 0.407 e. The Balaban J connectivity index is 1.63. The van der Waals surface area contributed by atoms with Crippen molar-refractivity contribution in [2.75, 3.05) is 24.1 Å². The minimum atomic E-state index is -0.912. The molecule has 0 bridgehead atoms. The molecule has 1 amide bonds. The lowest BCUT2D eigenvalue weighted by Crippen LogP contribution is -2.33. The molecule has 0 fully saturated rings. The molecule has 5 rings (SSSR count). The number of carboxylic acid groups (broad SMARTS) is 1. The number of aromatic nitrogens is 7. The summed E-state index contributed by atoms with van der Waals surface area (Å²) < 4.78 is 1.89. The average molecular weight is 432 g/mol. The van der Waals surface area contributed by atoms with E-state index in [0.29, 0.717) is 54.1 Å². The Morgan fingerprint density at radius 1 is 1.22 bits per heavy atom. The molecule has 162 valence electrons. The van der Waals surface area contributed by atoms with Crippen LogP contribution in [0.3, 0.4) is 0 Å². The Labute approximate surface area is 181 Å². The second-order valence-electron chi connectivity index (χ2n) is 7.31. The van der Waals surface area contributed by atoms with Gasteiger partial charge in [0.1, 0.15) is 17.2 Å². The van der Waals surface area contributed by atoms with Gasteiger partial charge in [-0.2, -0.15) is 15.1 Å². The lowest BCUT2D eigenvalue weighted by molar-refractivity contribution is 0.150. The highest BCUT2D eigenvalue weighted by atomic mass is 16.4. The summed E-state index contributed by atoms with van der Waals surface area (Å²) in [5.41, 5.74) is 9.22. The Morgan fingerprint density at radius 3 is 2.78 bits per heavy atom. The van der Waals surface area contributed by atoms with Crippen LogP contribution in [-0.4, -0.2) is 63.7 Å². The Hall–Kier alpha value is -4.48. The quantitative estimate of drug-likeness (QED) is 0.379. The van der Waals surface area contributed by atoms with E-state index >= 15 is 0 Å². The highest BCUT2D eigenvalue weighted by molar-refractivity contribution is 5.78. The number of amides is 1. The summed E-state index contributed by atoms with van der Waals surface area (Å²) in [7, 11) is 0. The Kier molecular flexibility index (Phi) is 4.66. The van der Waals surface area contributed by atoms with Crippen LogP contribution < -0.4 is 11.1 Å². The van der Waals surface area contributed by atoms with E-state index < -0.39 is 6.09 Å². The van der Waals surface area contributed by atoms with Crippen molar-refractivity contribution in [3.05, 3.63) is 48.1 Å². The molecule has 0 aromatic carbocycles. The van der Waals surface area contributed by atoms with Gasteiger partial charge in [-0.15, -0.1) is 0 Å². The number of imidazole rings is 1. The number of nitrogen functional groups attached to an aromatic ring is 1. The van der Waals surface area contributed by atoms with Crippen LogP contribution in [0.4, 0.5) is 22.4 Å². The third-order valence-electron chi connectivity index (χ3n) is 5.19. The lowest BCUT2D eigenvalue weighted by Gasteiger charge is -2.23. The van der Waals surface area contributed by atoms with Crippen LogP contribution in [0.25, 0.3) is 22.7 Å². The van der Waals surface area contributed by atoms with Gasteiger partial charge in [0, 0.05) is 31.5 Å². The average Bonchev–Trinajstić information content (AvgIpc) is 3.40. The van der Waals surface area contributed by atoms with E-state index in [2.05, 4.69) is 30.5 Å². The summed E-state index contributed by atoms with van der Waals surface area (Å²) in [5, 5.41) is 19.3. The first-order chi connectivity index (χ1) is 15.5.